The average molecular weight is 208 g/mol. The number of rotatable bonds is 4. The van der Waals surface area contributed by atoms with Crippen molar-refractivity contribution in [2.24, 2.45) is 5.92 Å². The van der Waals surface area contributed by atoms with Crippen LogP contribution in [0.1, 0.15) is 50.9 Å². The highest BCUT2D eigenvalue weighted by molar-refractivity contribution is 5.31. The van der Waals surface area contributed by atoms with Gasteiger partial charge in [-0.05, 0) is 19.3 Å². The molecule has 84 valence electrons. The molecule has 1 aromatic rings. The fourth-order valence-corrected chi connectivity index (χ4v) is 1.57. The Labute approximate surface area is 91.6 Å². The molecule has 0 saturated carbocycles. The lowest BCUT2D eigenvalue weighted by Crippen LogP contribution is -2.02. The zero-order valence-electron chi connectivity index (χ0n) is 9.99. The van der Waals surface area contributed by atoms with E-state index in [4.69, 9.17) is 0 Å². The second kappa shape index (κ2) is 5.10. The molecule has 0 aliphatic rings. The molecule has 3 nitrogen and oxygen atoms in total. The first-order valence-corrected chi connectivity index (χ1v) is 5.52. The van der Waals surface area contributed by atoms with Gasteiger partial charge < -0.3 is 5.11 Å². The van der Waals surface area contributed by atoms with E-state index in [1.807, 2.05) is 0 Å². The summed E-state index contributed by atoms with van der Waals surface area (Å²) in [4.78, 5) is 8.11. The number of aryl methyl sites for hydroxylation is 1. The van der Waals surface area contributed by atoms with E-state index in [0.717, 1.165) is 18.5 Å². The van der Waals surface area contributed by atoms with Crippen molar-refractivity contribution in [3.63, 3.8) is 0 Å². The monoisotopic (exact) mass is 208 g/mol. The Morgan fingerprint density at radius 2 is 1.87 bits per heavy atom. The SMILES string of the molecule is Cc1ncnc(C(C)CCC(C)C)c1O. The zero-order valence-corrected chi connectivity index (χ0v) is 9.99. The summed E-state index contributed by atoms with van der Waals surface area (Å²) in [6.07, 6.45) is 3.74. The Kier molecular flexibility index (Phi) is 4.06. The van der Waals surface area contributed by atoms with Gasteiger partial charge in [-0.1, -0.05) is 27.2 Å². The zero-order chi connectivity index (χ0) is 11.4. The summed E-state index contributed by atoms with van der Waals surface area (Å²) < 4.78 is 0. The normalized spacial score (nSPS) is 13.1. The molecule has 0 aromatic carbocycles. The first-order valence-electron chi connectivity index (χ1n) is 5.52. The predicted octanol–water partition coefficient (Wildman–Crippen LogP) is 3.03. The number of aromatic hydroxyl groups is 1. The molecule has 0 radical (unpaired) electrons. The Balaban J connectivity index is 2.73. The van der Waals surface area contributed by atoms with Crippen LogP contribution in [0.15, 0.2) is 6.33 Å². The van der Waals surface area contributed by atoms with E-state index in [1.165, 1.54) is 6.33 Å². The molecule has 0 aliphatic heterocycles. The third-order valence-corrected chi connectivity index (χ3v) is 2.68. The molecule has 1 aromatic heterocycles. The maximum Gasteiger partial charge on any atom is 0.158 e. The van der Waals surface area contributed by atoms with Gasteiger partial charge in [0, 0.05) is 5.92 Å². The standard InChI is InChI=1S/C12H20N2O/c1-8(2)5-6-9(3)11-12(15)10(4)13-7-14-11/h7-9,15H,5-6H2,1-4H3. The molecule has 1 N–H and O–H groups in total. The smallest absolute Gasteiger partial charge is 0.158 e. The van der Waals surface area contributed by atoms with Crippen LogP contribution < -0.4 is 0 Å². The summed E-state index contributed by atoms with van der Waals surface area (Å²) in [6.45, 7) is 8.31. The van der Waals surface area contributed by atoms with Crippen molar-refractivity contribution in [2.45, 2.75) is 46.5 Å². The summed E-state index contributed by atoms with van der Waals surface area (Å²) in [5.74, 6) is 1.25. The lowest BCUT2D eigenvalue weighted by molar-refractivity contribution is 0.437. The van der Waals surface area contributed by atoms with Gasteiger partial charge in [-0.3, -0.25) is 0 Å². The molecule has 0 saturated heterocycles. The van der Waals surface area contributed by atoms with Crippen molar-refractivity contribution in [2.75, 3.05) is 0 Å². The number of hydrogen-bond donors (Lipinski definition) is 1. The lowest BCUT2D eigenvalue weighted by atomic mass is 9.96. The van der Waals surface area contributed by atoms with Gasteiger partial charge in [0.1, 0.15) is 6.33 Å². The summed E-state index contributed by atoms with van der Waals surface area (Å²) in [5.41, 5.74) is 1.44. The van der Waals surface area contributed by atoms with Crippen LogP contribution in [-0.4, -0.2) is 15.1 Å². The largest absolute Gasteiger partial charge is 0.504 e. The minimum atomic E-state index is 0.258. The molecule has 1 unspecified atom stereocenters. The molecule has 0 spiro atoms. The molecule has 1 atom stereocenters. The van der Waals surface area contributed by atoms with E-state index in [2.05, 4.69) is 30.7 Å². The van der Waals surface area contributed by atoms with Gasteiger partial charge in [0.2, 0.25) is 0 Å². The minimum absolute atomic E-state index is 0.258. The van der Waals surface area contributed by atoms with E-state index in [-0.39, 0.29) is 5.75 Å². The van der Waals surface area contributed by atoms with Gasteiger partial charge >= 0.3 is 0 Å². The van der Waals surface area contributed by atoms with Crippen LogP contribution >= 0.6 is 0 Å². The molecule has 0 aliphatic carbocycles. The molecule has 15 heavy (non-hydrogen) atoms. The van der Waals surface area contributed by atoms with Crippen molar-refractivity contribution in [1.29, 1.82) is 0 Å². The summed E-state index contributed by atoms with van der Waals surface area (Å²) >= 11 is 0. The molecule has 0 amide bonds. The molecule has 1 heterocycles. The maximum absolute atomic E-state index is 9.81. The Morgan fingerprint density at radius 1 is 1.20 bits per heavy atom. The molecule has 0 fully saturated rings. The van der Waals surface area contributed by atoms with Gasteiger partial charge in [0.25, 0.3) is 0 Å². The predicted molar refractivity (Wildman–Crippen MR) is 60.9 cm³/mol. The quantitative estimate of drug-likeness (QED) is 0.827. The van der Waals surface area contributed by atoms with E-state index < -0.39 is 0 Å². The number of hydrogen-bond acceptors (Lipinski definition) is 3. The highest BCUT2D eigenvalue weighted by atomic mass is 16.3. The van der Waals surface area contributed by atoms with Crippen LogP contribution in [0.5, 0.6) is 5.75 Å². The highest BCUT2D eigenvalue weighted by Gasteiger charge is 2.14. The van der Waals surface area contributed by atoms with Crippen LogP contribution in [0, 0.1) is 12.8 Å². The van der Waals surface area contributed by atoms with Crippen LogP contribution in [0.2, 0.25) is 0 Å². The molecule has 1 rings (SSSR count). The summed E-state index contributed by atoms with van der Waals surface area (Å²) in [6, 6.07) is 0. The minimum Gasteiger partial charge on any atom is -0.504 e. The van der Waals surface area contributed by atoms with Gasteiger partial charge in [-0.25, -0.2) is 9.97 Å². The lowest BCUT2D eigenvalue weighted by Gasteiger charge is -2.14. The van der Waals surface area contributed by atoms with E-state index in [1.54, 1.807) is 6.92 Å². The topological polar surface area (TPSA) is 46.0 Å². The maximum atomic E-state index is 9.81. The Hall–Kier alpha value is -1.12. The van der Waals surface area contributed by atoms with Gasteiger partial charge in [0.05, 0.1) is 11.4 Å². The van der Waals surface area contributed by atoms with E-state index in [9.17, 15) is 5.11 Å². The first kappa shape index (κ1) is 12.0. The van der Waals surface area contributed by atoms with Crippen molar-refractivity contribution < 1.29 is 5.11 Å². The highest BCUT2D eigenvalue weighted by Crippen LogP contribution is 2.28. The third-order valence-electron chi connectivity index (χ3n) is 2.68. The van der Waals surface area contributed by atoms with Crippen molar-refractivity contribution in [3.8, 4) is 5.75 Å². The van der Waals surface area contributed by atoms with Crippen LogP contribution in [-0.2, 0) is 0 Å². The average Bonchev–Trinajstić information content (AvgIpc) is 2.18. The molecule has 0 bridgehead atoms. The Morgan fingerprint density at radius 3 is 2.47 bits per heavy atom. The molecular formula is C12H20N2O. The van der Waals surface area contributed by atoms with Crippen molar-refractivity contribution >= 4 is 0 Å². The number of nitrogens with zero attached hydrogens (tertiary/aromatic N) is 2. The summed E-state index contributed by atoms with van der Waals surface area (Å²) in [5, 5.41) is 9.81. The van der Waals surface area contributed by atoms with Gasteiger partial charge in [-0.15, -0.1) is 0 Å². The van der Waals surface area contributed by atoms with Crippen molar-refractivity contribution in [3.05, 3.63) is 17.7 Å². The van der Waals surface area contributed by atoms with Crippen LogP contribution in [0.25, 0.3) is 0 Å². The molecular weight excluding hydrogens is 188 g/mol. The van der Waals surface area contributed by atoms with Gasteiger partial charge in [0.15, 0.2) is 5.75 Å². The van der Waals surface area contributed by atoms with E-state index in [0.29, 0.717) is 17.5 Å². The second-order valence-electron chi connectivity index (χ2n) is 4.57. The summed E-state index contributed by atoms with van der Waals surface area (Å²) in [7, 11) is 0. The molecule has 3 heteroatoms. The fourth-order valence-electron chi connectivity index (χ4n) is 1.57. The van der Waals surface area contributed by atoms with Crippen molar-refractivity contribution in [1.82, 2.24) is 9.97 Å². The van der Waals surface area contributed by atoms with Crippen LogP contribution in [0.4, 0.5) is 0 Å². The Bertz CT molecular complexity index is 323. The third kappa shape index (κ3) is 3.18. The first-order chi connectivity index (χ1) is 7.02. The van der Waals surface area contributed by atoms with E-state index >= 15 is 0 Å². The second-order valence-corrected chi connectivity index (χ2v) is 4.57. The fraction of sp³-hybridized carbons (Fsp3) is 0.667. The van der Waals surface area contributed by atoms with Crippen LogP contribution in [0.3, 0.4) is 0 Å². The number of aromatic nitrogens is 2. The van der Waals surface area contributed by atoms with Gasteiger partial charge in [-0.2, -0.15) is 0 Å².